The molecule has 0 spiro atoms. The zero-order valence-electron chi connectivity index (χ0n) is 7.88. The van der Waals surface area contributed by atoms with Crippen LogP contribution in [0.25, 0.3) is 0 Å². The van der Waals surface area contributed by atoms with E-state index < -0.39 is 0 Å². The lowest BCUT2D eigenvalue weighted by atomic mass is 10.0. The minimum Gasteiger partial charge on any atom is -0.330 e. The molecule has 0 aliphatic rings. The number of benzene rings is 1. The third kappa shape index (κ3) is 2.45. The van der Waals surface area contributed by atoms with Crippen LogP contribution in [0.4, 0.5) is 4.39 Å². The first kappa shape index (κ1) is 10.5. The molecule has 2 N–H and O–H groups in total. The molecule has 1 nitrogen and oxygen atoms in total. The molecular weight excluding hydrogens is 185 g/mol. The van der Waals surface area contributed by atoms with Crippen LogP contribution in [0.15, 0.2) is 23.1 Å². The fourth-order valence-electron chi connectivity index (χ4n) is 1.15. The lowest BCUT2D eigenvalue weighted by molar-refractivity contribution is 0.589. The Kier molecular flexibility index (Phi) is 3.75. The monoisotopic (exact) mass is 199 g/mol. The third-order valence-electron chi connectivity index (χ3n) is 2.09. The summed E-state index contributed by atoms with van der Waals surface area (Å²) in [6.07, 6.45) is 1.98. The number of hydrogen-bond donors (Lipinski definition) is 1. The van der Waals surface area contributed by atoms with Gasteiger partial charge in [0.2, 0.25) is 0 Å². The van der Waals surface area contributed by atoms with Crippen LogP contribution in [0.5, 0.6) is 0 Å². The van der Waals surface area contributed by atoms with Gasteiger partial charge in [0.1, 0.15) is 5.82 Å². The molecular formula is C10H14FNS. The molecule has 0 saturated carbocycles. The van der Waals surface area contributed by atoms with Crippen molar-refractivity contribution >= 4 is 11.8 Å². The van der Waals surface area contributed by atoms with E-state index >= 15 is 0 Å². The smallest absolute Gasteiger partial charge is 0.126 e. The number of halogens is 1. The van der Waals surface area contributed by atoms with Gasteiger partial charge in [-0.25, -0.2) is 4.39 Å². The van der Waals surface area contributed by atoms with E-state index in [0.29, 0.717) is 12.1 Å². The molecule has 0 aliphatic carbocycles. The summed E-state index contributed by atoms with van der Waals surface area (Å²) in [6, 6.07) is 5.16. The fourth-order valence-corrected chi connectivity index (χ4v) is 1.60. The first-order valence-electron chi connectivity index (χ1n) is 4.22. The van der Waals surface area contributed by atoms with Crippen molar-refractivity contribution in [2.75, 3.05) is 12.8 Å². The van der Waals surface area contributed by atoms with Crippen LogP contribution in [0.2, 0.25) is 0 Å². The fraction of sp³-hybridized carbons (Fsp3) is 0.400. The largest absolute Gasteiger partial charge is 0.330 e. The highest BCUT2D eigenvalue weighted by molar-refractivity contribution is 7.98. The first-order chi connectivity index (χ1) is 6.19. The molecule has 0 saturated heterocycles. The molecule has 0 heterocycles. The van der Waals surface area contributed by atoms with Gasteiger partial charge in [-0.2, -0.15) is 0 Å². The molecule has 1 atom stereocenters. The quantitative estimate of drug-likeness (QED) is 0.757. The summed E-state index contributed by atoms with van der Waals surface area (Å²) < 4.78 is 13.3. The Morgan fingerprint density at radius 3 is 2.77 bits per heavy atom. The van der Waals surface area contributed by atoms with Gasteiger partial charge in [0.15, 0.2) is 0 Å². The molecule has 1 aromatic rings. The zero-order chi connectivity index (χ0) is 9.84. The highest BCUT2D eigenvalue weighted by Gasteiger charge is 2.09. The lowest BCUT2D eigenvalue weighted by Crippen LogP contribution is -2.10. The van der Waals surface area contributed by atoms with E-state index in [-0.39, 0.29) is 11.7 Å². The third-order valence-corrected chi connectivity index (χ3v) is 2.81. The second-order valence-electron chi connectivity index (χ2n) is 3.02. The Morgan fingerprint density at radius 2 is 2.23 bits per heavy atom. The second-order valence-corrected chi connectivity index (χ2v) is 3.90. The lowest BCUT2D eigenvalue weighted by Gasteiger charge is -2.10. The summed E-state index contributed by atoms with van der Waals surface area (Å²) in [6.45, 7) is 2.41. The molecule has 13 heavy (non-hydrogen) atoms. The van der Waals surface area contributed by atoms with Gasteiger partial charge in [0, 0.05) is 4.90 Å². The van der Waals surface area contributed by atoms with Gasteiger partial charge < -0.3 is 5.73 Å². The van der Waals surface area contributed by atoms with Gasteiger partial charge in [-0.1, -0.05) is 6.92 Å². The van der Waals surface area contributed by atoms with Crippen LogP contribution in [0.1, 0.15) is 18.4 Å². The molecule has 3 heteroatoms. The maximum Gasteiger partial charge on any atom is 0.126 e. The number of nitrogens with two attached hydrogens (primary N) is 1. The average molecular weight is 199 g/mol. The summed E-state index contributed by atoms with van der Waals surface area (Å²) in [5.74, 6) is -0.0668. The van der Waals surface area contributed by atoms with Gasteiger partial charge in [0.25, 0.3) is 0 Å². The van der Waals surface area contributed by atoms with Crippen molar-refractivity contribution in [3.63, 3.8) is 0 Å². The molecule has 0 bridgehead atoms. The zero-order valence-corrected chi connectivity index (χ0v) is 8.70. The summed E-state index contributed by atoms with van der Waals surface area (Å²) in [7, 11) is 0. The van der Waals surface area contributed by atoms with Crippen LogP contribution in [-0.2, 0) is 0 Å². The first-order valence-corrected chi connectivity index (χ1v) is 5.45. The van der Waals surface area contributed by atoms with Crippen LogP contribution in [0.3, 0.4) is 0 Å². The van der Waals surface area contributed by atoms with E-state index in [4.69, 9.17) is 5.73 Å². The van der Waals surface area contributed by atoms with Crippen LogP contribution in [0, 0.1) is 5.82 Å². The van der Waals surface area contributed by atoms with Gasteiger partial charge in [-0.05, 0) is 42.5 Å². The number of hydrogen-bond acceptors (Lipinski definition) is 2. The van der Waals surface area contributed by atoms with Crippen LogP contribution in [-0.4, -0.2) is 12.8 Å². The molecule has 0 fully saturated rings. The molecule has 1 aromatic carbocycles. The molecule has 0 aromatic heterocycles. The summed E-state index contributed by atoms with van der Waals surface area (Å²) >= 11 is 1.61. The summed E-state index contributed by atoms with van der Waals surface area (Å²) in [4.78, 5) is 1.08. The van der Waals surface area contributed by atoms with Crippen molar-refractivity contribution in [1.29, 1.82) is 0 Å². The molecule has 0 radical (unpaired) electrons. The Morgan fingerprint density at radius 1 is 1.54 bits per heavy atom. The molecule has 1 rings (SSSR count). The predicted molar refractivity (Wildman–Crippen MR) is 55.7 cm³/mol. The van der Waals surface area contributed by atoms with E-state index in [9.17, 15) is 4.39 Å². The van der Waals surface area contributed by atoms with Crippen molar-refractivity contribution in [3.05, 3.63) is 29.6 Å². The van der Waals surface area contributed by atoms with E-state index in [2.05, 4.69) is 0 Å². The van der Waals surface area contributed by atoms with Crippen LogP contribution >= 0.6 is 11.8 Å². The summed E-state index contributed by atoms with van der Waals surface area (Å²) in [5.41, 5.74) is 6.21. The van der Waals surface area contributed by atoms with E-state index in [1.165, 1.54) is 6.07 Å². The SMILES string of the molecule is CSc1ccc(F)c(C(C)CN)c1. The highest BCUT2D eigenvalue weighted by Crippen LogP contribution is 2.23. The normalized spacial score (nSPS) is 12.9. The van der Waals surface area contributed by atoms with Crippen molar-refractivity contribution in [3.8, 4) is 0 Å². The van der Waals surface area contributed by atoms with Crippen molar-refractivity contribution in [2.24, 2.45) is 5.73 Å². The van der Waals surface area contributed by atoms with Crippen molar-refractivity contribution in [2.45, 2.75) is 17.7 Å². The number of rotatable bonds is 3. The number of thioether (sulfide) groups is 1. The van der Waals surface area contributed by atoms with Crippen LogP contribution < -0.4 is 5.73 Å². The Balaban J connectivity index is 3.03. The predicted octanol–water partition coefficient (Wildman–Crippen LogP) is 2.61. The maximum atomic E-state index is 13.3. The Labute approximate surface area is 82.5 Å². The van der Waals surface area contributed by atoms with Gasteiger partial charge in [0.05, 0.1) is 0 Å². The maximum absolute atomic E-state index is 13.3. The van der Waals surface area contributed by atoms with Gasteiger partial charge in [-0.3, -0.25) is 0 Å². The van der Waals surface area contributed by atoms with Gasteiger partial charge >= 0.3 is 0 Å². The van der Waals surface area contributed by atoms with E-state index in [1.54, 1.807) is 17.8 Å². The highest BCUT2D eigenvalue weighted by atomic mass is 32.2. The standard InChI is InChI=1S/C10H14FNS/c1-7(6-12)9-5-8(13-2)3-4-10(9)11/h3-5,7H,6,12H2,1-2H3. The van der Waals surface area contributed by atoms with Gasteiger partial charge in [-0.15, -0.1) is 11.8 Å². The summed E-state index contributed by atoms with van der Waals surface area (Å²) in [5, 5.41) is 0. The topological polar surface area (TPSA) is 26.0 Å². The molecule has 0 amide bonds. The molecule has 1 unspecified atom stereocenters. The Hall–Kier alpha value is -0.540. The minimum absolute atomic E-state index is 0.0899. The van der Waals surface area contributed by atoms with Crippen molar-refractivity contribution < 1.29 is 4.39 Å². The van der Waals surface area contributed by atoms with E-state index in [0.717, 1.165) is 4.90 Å². The van der Waals surface area contributed by atoms with Crippen molar-refractivity contribution in [1.82, 2.24) is 0 Å². The average Bonchev–Trinajstić information content (AvgIpc) is 2.17. The van der Waals surface area contributed by atoms with E-state index in [1.807, 2.05) is 19.2 Å². The Bertz CT molecular complexity index is 288. The molecule has 0 aliphatic heterocycles. The second kappa shape index (κ2) is 4.63. The molecule has 72 valence electrons. The minimum atomic E-state index is -0.157.